The molecule has 0 radical (unpaired) electrons. The number of hydrogen-bond acceptors (Lipinski definition) is 4. The van der Waals surface area contributed by atoms with Crippen molar-refractivity contribution in [1.29, 1.82) is 0 Å². The summed E-state index contributed by atoms with van der Waals surface area (Å²) in [5.41, 5.74) is -1.60. The summed E-state index contributed by atoms with van der Waals surface area (Å²) in [5.74, 6) is -2.12. The summed E-state index contributed by atoms with van der Waals surface area (Å²) in [6.45, 7) is 2.63. The number of hydrogen-bond donors (Lipinski definition) is 2. The van der Waals surface area contributed by atoms with Gasteiger partial charge in [0.1, 0.15) is 5.69 Å². The molecule has 0 spiro atoms. The highest BCUT2D eigenvalue weighted by Gasteiger charge is 2.34. The van der Waals surface area contributed by atoms with E-state index in [1.165, 1.54) is 26.0 Å². The molecular formula is C21H17F3N2O4. The van der Waals surface area contributed by atoms with Crippen molar-refractivity contribution < 1.29 is 32.3 Å². The van der Waals surface area contributed by atoms with Gasteiger partial charge in [-0.3, -0.25) is 9.59 Å². The van der Waals surface area contributed by atoms with Crippen molar-refractivity contribution in [3.63, 3.8) is 0 Å². The van der Waals surface area contributed by atoms with E-state index in [1.807, 2.05) is 0 Å². The summed E-state index contributed by atoms with van der Waals surface area (Å²) in [5, 5.41) is 2.43. The molecule has 2 N–H and O–H groups in total. The molecule has 1 heterocycles. The SMILES string of the molecule is CCOC(=O)c1cc(C(F)(F)F)cc2[nH]c(C(=O)c3ccccc3)c(NC(C)=O)c12. The number of rotatable bonds is 5. The Bertz CT molecular complexity index is 1130. The third kappa shape index (κ3) is 4.05. The van der Waals surface area contributed by atoms with Gasteiger partial charge in [-0.25, -0.2) is 4.79 Å². The van der Waals surface area contributed by atoms with E-state index in [0.29, 0.717) is 6.07 Å². The lowest BCUT2D eigenvalue weighted by molar-refractivity contribution is -0.137. The maximum Gasteiger partial charge on any atom is 0.416 e. The van der Waals surface area contributed by atoms with Crippen molar-refractivity contribution in [2.45, 2.75) is 20.0 Å². The van der Waals surface area contributed by atoms with Gasteiger partial charge in [0.15, 0.2) is 0 Å². The van der Waals surface area contributed by atoms with Crippen LogP contribution in [-0.4, -0.2) is 29.3 Å². The van der Waals surface area contributed by atoms with Crippen molar-refractivity contribution in [3.8, 4) is 0 Å². The average molecular weight is 418 g/mol. The summed E-state index contributed by atoms with van der Waals surface area (Å²) >= 11 is 0. The number of amides is 1. The third-order valence-corrected chi connectivity index (χ3v) is 4.28. The molecule has 1 amide bonds. The number of fused-ring (bicyclic) bond motifs is 1. The molecule has 9 heteroatoms. The highest BCUT2D eigenvalue weighted by Crippen LogP contribution is 2.38. The van der Waals surface area contributed by atoms with Crippen molar-refractivity contribution in [1.82, 2.24) is 4.98 Å². The molecule has 0 bridgehead atoms. The molecule has 0 saturated heterocycles. The highest BCUT2D eigenvalue weighted by atomic mass is 19.4. The molecule has 2 aromatic carbocycles. The van der Waals surface area contributed by atoms with E-state index in [2.05, 4.69) is 10.3 Å². The van der Waals surface area contributed by atoms with Gasteiger partial charge in [0.25, 0.3) is 0 Å². The maximum atomic E-state index is 13.4. The first-order valence-corrected chi connectivity index (χ1v) is 8.94. The number of aromatic nitrogens is 1. The van der Waals surface area contributed by atoms with Gasteiger partial charge in [0.2, 0.25) is 11.7 Å². The number of nitrogens with one attached hydrogen (secondary N) is 2. The first-order valence-electron chi connectivity index (χ1n) is 8.94. The molecule has 0 aliphatic carbocycles. The minimum atomic E-state index is -4.74. The Kier molecular flexibility index (Phi) is 5.64. The molecule has 3 aromatic rings. The number of anilines is 1. The van der Waals surface area contributed by atoms with E-state index in [-0.39, 0.29) is 34.5 Å². The van der Waals surface area contributed by atoms with Crippen LogP contribution in [0.4, 0.5) is 18.9 Å². The van der Waals surface area contributed by atoms with Gasteiger partial charge in [-0.05, 0) is 19.1 Å². The van der Waals surface area contributed by atoms with E-state index < -0.39 is 35.0 Å². The van der Waals surface area contributed by atoms with Crippen LogP contribution in [0.2, 0.25) is 0 Å². The predicted molar refractivity (Wildman–Crippen MR) is 103 cm³/mol. The standard InChI is InChI=1S/C21H17F3N2O4/c1-3-30-20(29)14-9-13(21(22,23)24)10-15-16(14)17(25-11(2)27)18(26-15)19(28)12-7-5-4-6-8-12/h4-10,26H,3H2,1-2H3,(H,25,27). The summed E-state index contributed by atoms with van der Waals surface area (Å²) in [7, 11) is 0. The largest absolute Gasteiger partial charge is 0.462 e. The minimum Gasteiger partial charge on any atom is -0.462 e. The van der Waals surface area contributed by atoms with Crippen molar-refractivity contribution in [3.05, 3.63) is 64.8 Å². The van der Waals surface area contributed by atoms with Crippen LogP contribution in [0.5, 0.6) is 0 Å². The van der Waals surface area contributed by atoms with Crippen LogP contribution in [0.1, 0.15) is 45.8 Å². The van der Waals surface area contributed by atoms with Crippen LogP contribution in [0.25, 0.3) is 10.9 Å². The number of carbonyl (C=O) groups excluding carboxylic acids is 3. The zero-order chi connectivity index (χ0) is 22.1. The summed E-state index contributed by atoms with van der Waals surface area (Å²) in [6, 6.07) is 9.43. The fourth-order valence-electron chi connectivity index (χ4n) is 3.07. The molecule has 0 aliphatic rings. The molecule has 1 aromatic heterocycles. The Labute approximate surface area is 169 Å². The Balaban J connectivity index is 2.35. The second-order valence-electron chi connectivity index (χ2n) is 6.42. The monoisotopic (exact) mass is 418 g/mol. The van der Waals surface area contributed by atoms with E-state index in [9.17, 15) is 27.6 Å². The lowest BCUT2D eigenvalue weighted by Gasteiger charge is -2.11. The van der Waals surface area contributed by atoms with Crippen LogP contribution in [-0.2, 0) is 15.7 Å². The molecule has 30 heavy (non-hydrogen) atoms. The number of esters is 1. The summed E-state index contributed by atoms with van der Waals surface area (Å²) < 4.78 is 45.1. The zero-order valence-corrected chi connectivity index (χ0v) is 16.0. The number of ether oxygens (including phenoxy) is 1. The maximum absolute atomic E-state index is 13.4. The lowest BCUT2D eigenvalue weighted by Crippen LogP contribution is -2.13. The molecule has 3 rings (SSSR count). The van der Waals surface area contributed by atoms with Gasteiger partial charge in [0.05, 0.1) is 23.4 Å². The molecule has 0 saturated carbocycles. The summed E-state index contributed by atoms with van der Waals surface area (Å²) in [6.07, 6.45) is -4.74. The molecule has 6 nitrogen and oxygen atoms in total. The number of halogens is 3. The average Bonchev–Trinajstić information content (AvgIpc) is 3.04. The van der Waals surface area contributed by atoms with E-state index >= 15 is 0 Å². The Morgan fingerprint density at radius 1 is 1.10 bits per heavy atom. The highest BCUT2D eigenvalue weighted by molar-refractivity contribution is 6.21. The first-order chi connectivity index (χ1) is 14.1. The van der Waals surface area contributed by atoms with E-state index in [0.717, 1.165) is 6.07 Å². The minimum absolute atomic E-state index is 0.0315. The predicted octanol–water partition coefficient (Wildman–Crippen LogP) is 4.55. The van der Waals surface area contributed by atoms with Gasteiger partial charge in [0, 0.05) is 23.4 Å². The number of H-pyrrole nitrogens is 1. The Morgan fingerprint density at radius 2 is 1.77 bits per heavy atom. The molecule has 0 fully saturated rings. The molecular weight excluding hydrogens is 401 g/mol. The van der Waals surface area contributed by atoms with Crippen LogP contribution in [0.3, 0.4) is 0 Å². The van der Waals surface area contributed by atoms with Gasteiger partial charge in [-0.1, -0.05) is 30.3 Å². The second kappa shape index (κ2) is 8.02. The second-order valence-corrected chi connectivity index (χ2v) is 6.42. The quantitative estimate of drug-likeness (QED) is 0.470. The molecule has 156 valence electrons. The van der Waals surface area contributed by atoms with Gasteiger partial charge in [-0.15, -0.1) is 0 Å². The summed E-state index contributed by atoms with van der Waals surface area (Å²) in [4.78, 5) is 39.8. The number of ketones is 1. The van der Waals surface area contributed by atoms with E-state index in [4.69, 9.17) is 4.74 Å². The molecule has 0 unspecified atom stereocenters. The van der Waals surface area contributed by atoms with Gasteiger partial charge < -0.3 is 15.0 Å². The Hall–Kier alpha value is -3.62. The Morgan fingerprint density at radius 3 is 2.33 bits per heavy atom. The van der Waals surface area contributed by atoms with Gasteiger partial charge >= 0.3 is 12.1 Å². The normalized spacial score (nSPS) is 11.4. The molecule has 0 aliphatic heterocycles. The fourth-order valence-corrected chi connectivity index (χ4v) is 3.07. The number of alkyl halides is 3. The van der Waals surface area contributed by atoms with Crippen LogP contribution < -0.4 is 5.32 Å². The van der Waals surface area contributed by atoms with E-state index in [1.54, 1.807) is 18.2 Å². The number of aromatic amines is 1. The van der Waals surface area contributed by atoms with Crippen molar-refractivity contribution in [2.24, 2.45) is 0 Å². The fraction of sp³-hybridized carbons (Fsp3) is 0.190. The van der Waals surface area contributed by atoms with Crippen LogP contribution in [0.15, 0.2) is 42.5 Å². The first kappa shape index (κ1) is 21.1. The van der Waals surface area contributed by atoms with Crippen LogP contribution >= 0.6 is 0 Å². The third-order valence-electron chi connectivity index (χ3n) is 4.28. The number of benzene rings is 2. The lowest BCUT2D eigenvalue weighted by atomic mass is 10.0. The smallest absolute Gasteiger partial charge is 0.416 e. The van der Waals surface area contributed by atoms with Crippen molar-refractivity contribution >= 4 is 34.3 Å². The van der Waals surface area contributed by atoms with Gasteiger partial charge in [-0.2, -0.15) is 13.2 Å². The van der Waals surface area contributed by atoms with Crippen molar-refractivity contribution in [2.75, 3.05) is 11.9 Å². The zero-order valence-electron chi connectivity index (χ0n) is 16.0. The number of carbonyl (C=O) groups is 3. The molecule has 0 atom stereocenters. The van der Waals surface area contributed by atoms with Crippen LogP contribution in [0, 0.1) is 0 Å². The topological polar surface area (TPSA) is 88.3 Å².